The lowest BCUT2D eigenvalue weighted by molar-refractivity contribution is -0.127. The number of amides is 2. The summed E-state index contributed by atoms with van der Waals surface area (Å²) in [5.74, 6) is 0.0934. The van der Waals surface area contributed by atoms with Gasteiger partial charge in [0, 0.05) is 31.2 Å². The highest BCUT2D eigenvalue weighted by Gasteiger charge is 2.50. The average Bonchev–Trinajstić information content (AvgIpc) is 3.25. The van der Waals surface area contributed by atoms with Gasteiger partial charge in [0.25, 0.3) is 5.91 Å². The molecule has 0 aromatic carbocycles. The topological polar surface area (TPSA) is 53.5 Å². The van der Waals surface area contributed by atoms with Gasteiger partial charge in [-0.3, -0.25) is 14.6 Å². The van der Waals surface area contributed by atoms with E-state index in [-0.39, 0.29) is 11.8 Å². The number of hydrogen-bond donors (Lipinski definition) is 0. The van der Waals surface area contributed by atoms with Crippen molar-refractivity contribution in [1.82, 2.24) is 9.88 Å². The number of piperidine rings is 1. The highest BCUT2D eigenvalue weighted by molar-refractivity contribution is 7.08. The van der Waals surface area contributed by atoms with Crippen LogP contribution in [0.3, 0.4) is 0 Å². The first-order valence-corrected chi connectivity index (χ1v) is 9.18. The van der Waals surface area contributed by atoms with E-state index in [1.165, 1.54) is 0 Å². The summed E-state index contributed by atoms with van der Waals surface area (Å²) in [6, 6.07) is 7.34. The Balaban J connectivity index is 1.55. The van der Waals surface area contributed by atoms with E-state index < -0.39 is 5.41 Å². The van der Waals surface area contributed by atoms with E-state index in [4.69, 9.17) is 0 Å². The van der Waals surface area contributed by atoms with Crippen molar-refractivity contribution in [3.63, 3.8) is 0 Å². The second kappa shape index (κ2) is 6.02. The van der Waals surface area contributed by atoms with E-state index in [1.807, 2.05) is 27.8 Å². The highest BCUT2D eigenvalue weighted by atomic mass is 32.1. The molecule has 6 heteroatoms. The van der Waals surface area contributed by atoms with Gasteiger partial charge in [-0.25, -0.2) is 0 Å². The van der Waals surface area contributed by atoms with Gasteiger partial charge in [-0.2, -0.15) is 11.3 Å². The number of likely N-dealkylation sites (tertiary alicyclic amines) is 1. The monoisotopic (exact) mass is 341 g/mol. The summed E-state index contributed by atoms with van der Waals surface area (Å²) in [6.07, 6.45) is 4.17. The molecule has 2 aliphatic heterocycles. The molecule has 2 aliphatic rings. The smallest absolute Gasteiger partial charge is 0.272 e. The molecule has 0 radical (unpaired) electrons. The fraction of sp³-hybridized carbons (Fsp3) is 0.389. The lowest BCUT2D eigenvalue weighted by Gasteiger charge is -2.38. The van der Waals surface area contributed by atoms with Crippen molar-refractivity contribution >= 4 is 28.8 Å². The number of thiophene rings is 1. The summed E-state index contributed by atoms with van der Waals surface area (Å²) >= 11 is 1.60. The first-order chi connectivity index (χ1) is 11.7. The third-order valence-electron chi connectivity index (χ3n) is 5.08. The van der Waals surface area contributed by atoms with E-state index >= 15 is 0 Å². The molecule has 2 amide bonds. The molecular formula is C18H19N3O2S. The van der Waals surface area contributed by atoms with Gasteiger partial charge in [0.2, 0.25) is 5.91 Å². The standard InChI is InChI=1S/C18H19N3O2S/c22-16(15-4-1-2-8-19-15)20-9-3-6-18(13-20)7-10-21(17(18)23)14-5-11-24-12-14/h1-2,4-5,8,11-12H,3,6-7,9-10,13H2/t18-/m0/s1. The van der Waals surface area contributed by atoms with Crippen LogP contribution >= 0.6 is 11.3 Å². The van der Waals surface area contributed by atoms with E-state index in [0.717, 1.165) is 31.5 Å². The number of pyridine rings is 1. The van der Waals surface area contributed by atoms with Crippen molar-refractivity contribution in [2.24, 2.45) is 5.41 Å². The van der Waals surface area contributed by atoms with Crippen molar-refractivity contribution in [1.29, 1.82) is 0 Å². The number of aromatic nitrogens is 1. The van der Waals surface area contributed by atoms with Gasteiger partial charge in [-0.1, -0.05) is 6.07 Å². The minimum absolute atomic E-state index is 0.0727. The van der Waals surface area contributed by atoms with Crippen LogP contribution in [0.25, 0.3) is 0 Å². The minimum atomic E-state index is -0.426. The van der Waals surface area contributed by atoms with Crippen LogP contribution in [0.15, 0.2) is 41.2 Å². The number of carbonyl (C=O) groups is 2. The van der Waals surface area contributed by atoms with E-state index in [1.54, 1.807) is 34.6 Å². The van der Waals surface area contributed by atoms with Gasteiger partial charge in [-0.15, -0.1) is 0 Å². The third kappa shape index (κ3) is 2.51. The molecule has 4 heterocycles. The predicted molar refractivity (Wildman–Crippen MR) is 93.1 cm³/mol. The SMILES string of the molecule is O=C(c1ccccn1)N1CCC[C@]2(CCN(c3ccsc3)C2=O)C1. The lowest BCUT2D eigenvalue weighted by Crippen LogP contribution is -2.50. The maximum absolute atomic E-state index is 13.1. The van der Waals surface area contributed by atoms with E-state index in [9.17, 15) is 9.59 Å². The van der Waals surface area contributed by atoms with Crippen molar-refractivity contribution in [3.8, 4) is 0 Å². The van der Waals surface area contributed by atoms with Crippen LogP contribution in [0.2, 0.25) is 0 Å². The molecule has 0 saturated carbocycles. The van der Waals surface area contributed by atoms with Gasteiger partial charge >= 0.3 is 0 Å². The Morgan fingerprint density at radius 1 is 1.21 bits per heavy atom. The Morgan fingerprint density at radius 3 is 2.88 bits per heavy atom. The maximum atomic E-state index is 13.1. The van der Waals surface area contributed by atoms with Gasteiger partial charge < -0.3 is 9.80 Å². The molecule has 2 aromatic rings. The van der Waals surface area contributed by atoms with Crippen molar-refractivity contribution < 1.29 is 9.59 Å². The molecule has 1 spiro atoms. The average molecular weight is 341 g/mol. The molecule has 0 bridgehead atoms. The van der Waals surface area contributed by atoms with Crippen LogP contribution in [0.5, 0.6) is 0 Å². The summed E-state index contributed by atoms with van der Waals surface area (Å²) in [7, 11) is 0. The summed E-state index contributed by atoms with van der Waals surface area (Å²) < 4.78 is 0. The Hall–Kier alpha value is -2.21. The Labute approximate surface area is 144 Å². The minimum Gasteiger partial charge on any atom is -0.336 e. The predicted octanol–water partition coefficient (Wildman–Crippen LogP) is 2.80. The van der Waals surface area contributed by atoms with Crippen LogP contribution in [0, 0.1) is 5.41 Å². The van der Waals surface area contributed by atoms with Crippen molar-refractivity contribution in [2.75, 3.05) is 24.5 Å². The number of nitrogens with zero attached hydrogens (tertiary/aromatic N) is 3. The van der Waals surface area contributed by atoms with Crippen molar-refractivity contribution in [2.45, 2.75) is 19.3 Å². The first kappa shape index (κ1) is 15.3. The van der Waals surface area contributed by atoms with Crippen molar-refractivity contribution in [3.05, 3.63) is 46.9 Å². The molecule has 24 heavy (non-hydrogen) atoms. The largest absolute Gasteiger partial charge is 0.336 e. The van der Waals surface area contributed by atoms with E-state index in [2.05, 4.69) is 4.98 Å². The second-order valence-electron chi connectivity index (χ2n) is 6.51. The van der Waals surface area contributed by atoms with Gasteiger partial charge in [0.05, 0.1) is 11.1 Å². The van der Waals surface area contributed by atoms with Gasteiger partial charge in [0.15, 0.2) is 0 Å². The summed E-state index contributed by atoms with van der Waals surface area (Å²) in [5.41, 5.74) is 1.01. The zero-order valence-corrected chi connectivity index (χ0v) is 14.2. The molecule has 0 unspecified atom stereocenters. The maximum Gasteiger partial charge on any atom is 0.272 e. The fourth-order valence-corrected chi connectivity index (χ4v) is 4.45. The first-order valence-electron chi connectivity index (χ1n) is 8.24. The summed E-state index contributed by atoms with van der Waals surface area (Å²) in [6.45, 7) is 1.94. The normalized spacial score (nSPS) is 23.9. The number of anilines is 1. The Kier molecular flexibility index (Phi) is 3.84. The molecule has 2 aromatic heterocycles. The van der Waals surface area contributed by atoms with Gasteiger partial charge in [-0.05, 0) is 42.8 Å². The lowest BCUT2D eigenvalue weighted by atomic mass is 9.78. The molecule has 124 valence electrons. The molecule has 2 fully saturated rings. The second-order valence-corrected chi connectivity index (χ2v) is 7.29. The molecule has 4 rings (SSSR count). The molecular weight excluding hydrogens is 322 g/mol. The summed E-state index contributed by atoms with van der Waals surface area (Å²) in [5, 5.41) is 4.00. The fourth-order valence-electron chi connectivity index (χ4n) is 3.81. The molecule has 0 aliphatic carbocycles. The molecule has 1 atom stereocenters. The zero-order valence-electron chi connectivity index (χ0n) is 13.4. The summed E-state index contributed by atoms with van der Waals surface area (Å²) in [4.78, 5) is 33.6. The van der Waals surface area contributed by atoms with Crippen LogP contribution < -0.4 is 4.90 Å². The third-order valence-corrected chi connectivity index (χ3v) is 5.75. The number of hydrogen-bond acceptors (Lipinski definition) is 4. The zero-order chi connectivity index (χ0) is 16.6. The van der Waals surface area contributed by atoms with Gasteiger partial charge in [0.1, 0.15) is 5.69 Å². The molecule has 0 N–H and O–H groups in total. The van der Waals surface area contributed by atoms with Crippen LogP contribution in [0.1, 0.15) is 29.8 Å². The Bertz CT molecular complexity index is 747. The number of rotatable bonds is 2. The van der Waals surface area contributed by atoms with E-state index in [0.29, 0.717) is 18.8 Å². The highest BCUT2D eigenvalue weighted by Crippen LogP contribution is 2.42. The van der Waals surface area contributed by atoms with Crippen LogP contribution in [0.4, 0.5) is 5.69 Å². The van der Waals surface area contributed by atoms with Crippen LogP contribution in [-0.2, 0) is 4.79 Å². The molecule has 2 saturated heterocycles. The quantitative estimate of drug-likeness (QED) is 0.844. The number of carbonyl (C=O) groups excluding carboxylic acids is 2. The Morgan fingerprint density at radius 2 is 2.12 bits per heavy atom. The molecule has 5 nitrogen and oxygen atoms in total. The van der Waals surface area contributed by atoms with Crippen LogP contribution in [-0.4, -0.2) is 41.3 Å².